The number of rotatable bonds is 5. The summed E-state index contributed by atoms with van der Waals surface area (Å²) in [6, 6.07) is 0. The first-order chi connectivity index (χ1) is 9.38. The molecule has 1 aliphatic rings. The lowest BCUT2D eigenvalue weighted by molar-refractivity contribution is -0.221. The minimum absolute atomic E-state index is 0.0504. The van der Waals surface area contributed by atoms with Gasteiger partial charge in [-0.2, -0.15) is 0 Å². The zero-order chi connectivity index (χ0) is 15.3. The summed E-state index contributed by atoms with van der Waals surface area (Å²) in [5.74, 6) is -3.81. The van der Waals surface area contributed by atoms with Crippen LogP contribution in [0.15, 0.2) is 23.5 Å². The second kappa shape index (κ2) is 6.40. The summed E-state index contributed by atoms with van der Waals surface area (Å²) in [7, 11) is 2.42. The van der Waals surface area contributed by atoms with E-state index >= 15 is 0 Å². The average molecular weight is 288 g/mol. The monoisotopic (exact) mass is 288 g/mol. The molecule has 8 nitrogen and oxygen atoms in total. The van der Waals surface area contributed by atoms with Crippen LogP contribution in [0.2, 0.25) is 0 Å². The molecule has 0 saturated heterocycles. The van der Waals surface area contributed by atoms with Crippen molar-refractivity contribution in [3.05, 3.63) is 23.5 Å². The molecule has 0 spiro atoms. The number of carbonyl (C=O) groups excluding carboxylic acids is 1. The molecule has 0 radical (unpaired) electrons. The van der Waals surface area contributed by atoms with Crippen molar-refractivity contribution >= 4 is 12.1 Å². The van der Waals surface area contributed by atoms with E-state index in [1.807, 2.05) is 0 Å². The van der Waals surface area contributed by atoms with Gasteiger partial charge in [0.1, 0.15) is 6.10 Å². The Kier molecular flexibility index (Phi) is 5.12. The van der Waals surface area contributed by atoms with E-state index in [-0.39, 0.29) is 17.9 Å². The van der Waals surface area contributed by atoms with Gasteiger partial charge in [0, 0.05) is 7.11 Å². The lowest BCUT2D eigenvalue weighted by Crippen LogP contribution is -2.50. The van der Waals surface area contributed by atoms with E-state index < -0.39 is 24.0 Å². The van der Waals surface area contributed by atoms with Crippen molar-refractivity contribution in [2.45, 2.75) is 18.8 Å². The molecule has 8 heteroatoms. The predicted molar refractivity (Wildman–Crippen MR) is 64.7 cm³/mol. The van der Waals surface area contributed by atoms with Gasteiger partial charge in [-0.1, -0.05) is 0 Å². The maximum Gasteiger partial charge on any atom is 0.511 e. The molecule has 0 fully saturated rings. The van der Waals surface area contributed by atoms with Crippen LogP contribution >= 0.6 is 0 Å². The quantitative estimate of drug-likeness (QED) is 0.553. The highest BCUT2D eigenvalue weighted by Gasteiger charge is 2.49. The summed E-state index contributed by atoms with van der Waals surface area (Å²) in [5.41, 5.74) is -0.161. The van der Waals surface area contributed by atoms with Crippen LogP contribution in [0.5, 0.6) is 0 Å². The standard InChI is InChI=1S/C12H16O8/c1-4-19-11(15)20-12(16)8(17-2)5-7(10(13)14)6-9(12)18-3/h5-6,8,16H,4H2,1-3H3,(H,13,14). The van der Waals surface area contributed by atoms with E-state index in [1.165, 1.54) is 14.2 Å². The molecule has 0 aromatic heterocycles. The van der Waals surface area contributed by atoms with Crippen LogP contribution in [0.1, 0.15) is 6.92 Å². The van der Waals surface area contributed by atoms with Gasteiger partial charge in [-0.25, -0.2) is 9.59 Å². The number of carbonyl (C=O) groups is 2. The third-order valence-corrected chi connectivity index (χ3v) is 2.58. The van der Waals surface area contributed by atoms with E-state index in [9.17, 15) is 14.7 Å². The van der Waals surface area contributed by atoms with E-state index in [4.69, 9.17) is 19.3 Å². The van der Waals surface area contributed by atoms with Crippen LogP contribution in [0.4, 0.5) is 4.79 Å². The van der Waals surface area contributed by atoms with Gasteiger partial charge in [-0.15, -0.1) is 0 Å². The lowest BCUT2D eigenvalue weighted by atomic mass is 9.96. The Morgan fingerprint density at radius 1 is 1.40 bits per heavy atom. The van der Waals surface area contributed by atoms with Gasteiger partial charge in [0.05, 0.1) is 19.3 Å². The van der Waals surface area contributed by atoms with E-state index in [0.717, 1.165) is 12.2 Å². The summed E-state index contributed by atoms with van der Waals surface area (Å²) in [6.45, 7) is 1.62. The fourth-order valence-electron chi connectivity index (χ4n) is 1.66. The van der Waals surface area contributed by atoms with Crippen molar-refractivity contribution in [3.8, 4) is 0 Å². The summed E-state index contributed by atoms with van der Waals surface area (Å²) < 4.78 is 19.2. The number of carboxylic acids is 1. The number of ether oxygens (including phenoxy) is 4. The summed E-state index contributed by atoms with van der Waals surface area (Å²) in [4.78, 5) is 22.4. The highest BCUT2D eigenvalue weighted by atomic mass is 16.8. The first kappa shape index (κ1) is 16.0. The first-order valence-corrected chi connectivity index (χ1v) is 5.71. The van der Waals surface area contributed by atoms with Crippen molar-refractivity contribution < 1.29 is 38.7 Å². The highest BCUT2D eigenvalue weighted by molar-refractivity contribution is 5.90. The van der Waals surface area contributed by atoms with Gasteiger partial charge < -0.3 is 29.2 Å². The zero-order valence-electron chi connectivity index (χ0n) is 11.3. The van der Waals surface area contributed by atoms with Crippen LogP contribution in [0, 0.1) is 0 Å². The normalized spacial score (nSPS) is 25.3. The van der Waals surface area contributed by atoms with Crippen molar-refractivity contribution in [1.82, 2.24) is 0 Å². The molecule has 112 valence electrons. The van der Waals surface area contributed by atoms with Gasteiger partial charge in [-0.3, -0.25) is 0 Å². The van der Waals surface area contributed by atoms with Crippen molar-refractivity contribution in [3.63, 3.8) is 0 Å². The predicted octanol–water partition coefficient (Wildman–Crippen LogP) is 0.418. The van der Waals surface area contributed by atoms with Crippen LogP contribution in [-0.2, 0) is 23.7 Å². The fourth-order valence-corrected chi connectivity index (χ4v) is 1.66. The Labute approximate surface area is 115 Å². The molecule has 2 atom stereocenters. The maximum atomic E-state index is 11.4. The molecule has 0 aromatic rings. The van der Waals surface area contributed by atoms with Crippen molar-refractivity contribution in [2.24, 2.45) is 0 Å². The van der Waals surface area contributed by atoms with Crippen LogP contribution in [-0.4, -0.2) is 55.1 Å². The molecule has 1 rings (SSSR count). The maximum absolute atomic E-state index is 11.4. The Morgan fingerprint density at radius 3 is 2.50 bits per heavy atom. The van der Waals surface area contributed by atoms with Gasteiger partial charge in [0.2, 0.25) is 0 Å². The molecule has 0 heterocycles. The Balaban J connectivity index is 3.13. The highest BCUT2D eigenvalue weighted by Crippen LogP contribution is 2.32. The molecule has 2 N–H and O–H groups in total. The van der Waals surface area contributed by atoms with Crippen LogP contribution < -0.4 is 0 Å². The first-order valence-electron chi connectivity index (χ1n) is 5.71. The summed E-state index contributed by atoms with van der Waals surface area (Å²) in [6.07, 6.45) is -0.244. The second-order valence-corrected chi connectivity index (χ2v) is 3.78. The largest absolute Gasteiger partial charge is 0.511 e. The lowest BCUT2D eigenvalue weighted by Gasteiger charge is -2.35. The molecule has 0 aromatic carbocycles. The van der Waals surface area contributed by atoms with Crippen molar-refractivity contribution in [1.29, 1.82) is 0 Å². The third-order valence-electron chi connectivity index (χ3n) is 2.58. The molecular weight excluding hydrogens is 272 g/mol. The zero-order valence-corrected chi connectivity index (χ0v) is 11.3. The Hall–Kier alpha value is -2.06. The molecule has 0 saturated carbocycles. The summed E-state index contributed by atoms with van der Waals surface area (Å²) >= 11 is 0. The number of hydrogen-bond acceptors (Lipinski definition) is 7. The smallest absolute Gasteiger partial charge is 0.494 e. The molecule has 20 heavy (non-hydrogen) atoms. The number of methoxy groups -OCH3 is 2. The molecule has 0 bridgehead atoms. The van der Waals surface area contributed by atoms with Crippen molar-refractivity contribution in [2.75, 3.05) is 20.8 Å². The minimum Gasteiger partial charge on any atom is -0.494 e. The van der Waals surface area contributed by atoms with E-state index in [0.29, 0.717) is 0 Å². The number of hydrogen-bond donors (Lipinski definition) is 2. The topological polar surface area (TPSA) is 112 Å². The van der Waals surface area contributed by atoms with Gasteiger partial charge in [-0.05, 0) is 19.1 Å². The van der Waals surface area contributed by atoms with Gasteiger partial charge >= 0.3 is 17.9 Å². The molecule has 1 aliphatic carbocycles. The molecule has 0 amide bonds. The Morgan fingerprint density at radius 2 is 2.05 bits per heavy atom. The second-order valence-electron chi connectivity index (χ2n) is 3.78. The van der Waals surface area contributed by atoms with Gasteiger partial charge in [0.15, 0.2) is 5.76 Å². The Bertz CT molecular complexity index is 452. The SMILES string of the molecule is CCOC(=O)OC1(O)C(OC)=CC(C(=O)O)=CC1OC. The summed E-state index contributed by atoms with van der Waals surface area (Å²) in [5, 5.41) is 19.4. The minimum atomic E-state index is -2.30. The number of carboxylic acid groups (broad SMARTS) is 1. The third kappa shape index (κ3) is 3.09. The average Bonchev–Trinajstić information content (AvgIpc) is 2.38. The number of aliphatic hydroxyl groups is 1. The van der Waals surface area contributed by atoms with Crippen LogP contribution in [0.25, 0.3) is 0 Å². The molecular formula is C12H16O8. The molecule has 0 aliphatic heterocycles. The molecule has 2 unspecified atom stereocenters. The van der Waals surface area contributed by atoms with E-state index in [1.54, 1.807) is 6.92 Å². The van der Waals surface area contributed by atoms with E-state index in [2.05, 4.69) is 4.74 Å². The number of aliphatic carboxylic acids is 1. The van der Waals surface area contributed by atoms with Crippen LogP contribution in [0.3, 0.4) is 0 Å². The van der Waals surface area contributed by atoms with Gasteiger partial charge in [0.25, 0.3) is 0 Å². The fraction of sp³-hybridized carbons (Fsp3) is 0.500.